The first-order valence-electron chi connectivity index (χ1n) is 9.95. The highest BCUT2D eigenvalue weighted by molar-refractivity contribution is 5.66. The van der Waals surface area contributed by atoms with Crippen molar-refractivity contribution >= 4 is 5.78 Å². The highest BCUT2D eigenvalue weighted by Crippen LogP contribution is 2.36. The summed E-state index contributed by atoms with van der Waals surface area (Å²) in [5, 5.41) is 4.36. The molecule has 5 heteroatoms. The van der Waals surface area contributed by atoms with Gasteiger partial charge in [0.1, 0.15) is 6.33 Å². The molecule has 140 valence electrons. The van der Waals surface area contributed by atoms with Crippen LogP contribution in [0.1, 0.15) is 36.4 Å². The van der Waals surface area contributed by atoms with Crippen LogP contribution in [0.4, 0.5) is 0 Å². The van der Waals surface area contributed by atoms with Crippen molar-refractivity contribution in [1.82, 2.24) is 24.5 Å². The van der Waals surface area contributed by atoms with Crippen molar-refractivity contribution in [3.05, 3.63) is 84.3 Å². The van der Waals surface area contributed by atoms with Crippen LogP contribution < -0.4 is 0 Å². The molecule has 4 aromatic rings. The normalized spacial score (nSPS) is 16.3. The van der Waals surface area contributed by atoms with E-state index in [1.807, 2.05) is 6.07 Å². The van der Waals surface area contributed by atoms with Gasteiger partial charge in [-0.1, -0.05) is 67.1 Å². The van der Waals surface area contributed by atoms with Gasteiger partial charge >= 0.3 is 0 Å². The van der Waals surface area contributed by atoms with Gasteiger partial charge in [0.2, 0.25) is 0 Å². The van der Waals surface area contributed by atoms with Gasteiger partial charge in [0.05, 0.1) is 11.7 Å². The maximum Gasteiger partial charge on any atom is 0.252 e. The predicted octanol–water partition coefficient (Wildman–Crippen LogP) is 4.37. The quantitative estimate of drug-likeness (QED) is 0.536. The predicted molar refractivity (Wildman–Crippen MR) is 110 cm³/mol. The van der Waals surface area contributed by atoms with E-state index < -0.39 is 0 Å². The van der Waals surface area contributed by atoms with E-state index in [-0.39, 0.29) is 6.04 Å². The molecule has 28 heavy (non-hydrogen) atoms. The molecular formula is C23H23N5. The lowest BCUT2D eigenvalue weighted by Crippen LogP contribution is -2.35. The van der Waals surface area contributed by atoms with Crippen molar-refractivity contribution in [2.45, 2.75) is 25.3 Å². The van der Waals surface area contributed by atoms with Gasteiger partial charge < -0.3 is 0 Å². The molecule has 0 aliphatic carbocycles. The first-order chi connectivity index (χ1) is 13.9. The van der Waals surface area contributed by atoms with E-state index in [4.69, 9.17) is 4.98 Å². The van der Waals surface area contributed by atoms with Gasteiger partial charge in [0, 0.05) is 17.3 Å². The van der Waals surface area contributed by atoms with E-state index in [1.54, 1.807) is 10.8 Å². The number of likely N-dealkylation sites (tertiary alicyclic amines) is 1. The summed E-state index contributed by atoms with van der Waals surface area (Å²) < 4.78 is 1.79. The highest BCUT2D eigenvalue weighted by atomic mass is 15.3. The maximum atomic E-state index is 4.91. The Balaban J connectivity index is 1.73. The molecule has 1 aliphatic rings. The number of fused-ring (bicyclic) bond motifs is 1. The average Bonchev–Trinajstić information content (AvgIpc) is 3.23. The molecule has 2 aromatic carbocycles. The number of hydrogen-bond acceptors (Lipinski definition) is 4. The van der Waals surface area contributed by atoms with Crippen LogP contribution in [-0.4, -0.2) is 37.6 Å². The largest absolute Gasteiger partial charge is 0.292 e. The van der Waals surface area contributed by atoms with E-state index in [0.29, 0.717) is 5.78 Å². The van der Waals surface area contributed by atoms with Crippen LogP contribution in [0.2, 0.25) is 0 Å². The summed E-state index contributed by atoms with van der Waals surface area (Å²) in [6.07, 6.45) is 7.47. The Morgan fingerprint density at radius 2 is 1.54 bits per heavy atom. The number of aromatic nitrogens is 4. The molecule has 0 spiro atoms. The number of benzene rings is 2. The monoisotopic (exact) mass is 369 g/mol. The summed E-state index contributed by atoms with van der Waals surface area (Å²) in [6.45, 7) is 2.20. The summed E-state index contributed by atoms with van der Waals surface area (Å²) in [7, 11) is 0. The van der Waals surface area contributed by atoms with Crippen molar-refractivity contribution < 1.29 is 0 Å². The van der Waals surface area contributed by atoms with Crippen LogP contribution in [0.3, 0.4) is 0 Å². The summed E-state index contributed by atoms with van der Waals surface area (Å²) >= 11 is 0. The Hall–Kier alpha value is -3.05. The fraction of sp³-hybridized carbons (Fsp3) is 0.261. The van der Waals surface area contributed by atoms with Gasteiger partial charge in [-0.25, -0.2) is 9.50 Å². The molecule has 3 heterocycles. The summed E-state index contributed by atoms with van der Waals surface area (Å²) in [4.78, 5) is 11.8. The zero-order valence-corrected chi connectivity index (χ0v) is 15.8. The van der Waals surface area contributed by atoms with Crippen LogP contribution in [0.25, 0.3) is 17.0 Å². The van der Waals surface area contributed by atoms with Crippen LogP contribution in [0.5, 0.6) is 0 Å². The van der Waals surface area contributed by atoms with Gasteiger partial charge in [0.15, 0.2) is 0 Å². The smallest absolute Gasteiger partial charge is 0.252 e. The van der Waals surface area contributed by atoms with Crippen molar-refractivity contribution in [3.8, 4) is 11.3 Å². The molecule has 1 saturated heterocycles. The molecule has 5 nitrogen and oxygen atoms in total. The van der Waals surface area contributed by atoms with Crippen LogP contribution in [0.15, 0.2) is 73.2 Å². The molecular weight excluding hydrogens is 346 g/mol. The fourth-order valence-corrected chi connectivity index (χ4v) is 4.20. The Bertz CT molecular complexity index is 1050. The Morgan fingerprint density at radius 3 is 2.29 bits per heavy atom. The first-order valence-corrected chi connectivity index (χ1v) is 9.95. The summed E-state index contributed by atoms with van der Waals surface area (Å²) in [5.41, 5.74) is 4.57. The second-order valence-electron chi connectivity index (χ2n) is 7.33. The van der Waals surface area contributed by atoms with Crippen LogP contribution in [0, 0.1) is 0 Å². The number of hydrogen-bond donors (Lipinski definition) is 0. The molecule has 5 rings (SSSR count). The third-order valence-corrected chi connectivity index (χ3v) is 5.51. The Kier molecular flexibility index (Phi) is 4.59. The second kappa shape index (κ2) is 7.52. The number of rotatable bonds is 4. The molecule has 1 unspecified atom stereocenters. The zero-order chi connectivity index (χ0) is 18.8. The van der Waals surface area contributed by atoms with Crippen LogP contribution in [-0.2, 0) is 0 Å². The summed E-state index contributed by atoms with van der Waals surface area (Å²) in [5.74, 6) is 0.632. The highest BCUT2D eigenvalue weighted by Gasteiger charge is 2.28. The van der Waals surface area contributed by atoms with Gasteiger partial charge in [-0.2, -0.15) is 10.1 Å². The van der Waals surface area contributed by atoms with Gasteiger partial charge in [-0.15, -0.1) is 0 Å². The van der Waals surface area contributed by atoms with E-state index in [2.05, 4.69) is 75.8 Å². The molecule has 1 atom stereocenters. The Labute approximate surface area is 164 Å². The molecule has 0 bridgehead atoms. The minimum absolute atomic E-state index is 0.151. The van der Waals surface area contributed by atoms with E-state index >= 15 is 0 Å². The van der Waals surface area contributed by atoms with Crippen molar-refractivity contribution in [2.24, 2.45) is 0 Å². The van der Waals surface area contributed by atoms with E-state index in [1.165, 1.54) is 30.4 Å². The third-order valence-electron chi connectivity index (χ3n) is 5.51. The fourth-order valence-electron chi connectivity index (χ4n) is 4.20. The lowest BCUT2D eigenvalue weighted by Gasteiger charge is -2.35. The third kappa shape index (κ3) is 3.18. The topological polar surface area (TPSA) is 46.3 Å². The molecule has 1 fully saturated rings. The molecule has 1 aliphatic heterocycles. The minimum atomic E-state index is 0.151. The number of piperidine rings is 1. The molecule has 0 radical (unpaired) electrons. The van der Waals surface area contributed by atoms with Crippen molar-refractivity contribution in [1.29, 1.82) is 0 Å². The Morgan fingerprint density at radius 1 is 0.821 bits per heavy atom. The lowest BCUT2D eigenvalue weighted by molar-refractivity contribution is 0.187. The maximum absolute atomic E-state index is 4.91. The van der Waals surface area contributed by atoms with Gasteiger partial charge in [-0.05, 0) is 31.5 Å². The molecule has 2 aromatic heterocycles. The van der Waals surface area contributed by atoms with E-state index in [0.717, 1.165) is 24.3 Å². The second-order valence-corrected chi connectivity index (χ2v) is 7.33. The number of nitrogens with zero attached hydrogens (tertiary/aromatic N) is 5. The standard InChI is InChI=1S/C23H23N5/c1-4-10-18(11-5-1)21-20(16-28-23(26-21)24-17-25-28)22(19-12-6-2-7-13-19)27-14-8-3-9-15-27/h1-2,4-7,10-13,16-17,22H,3,8-9,14-15H2. The average molecular weight is 369 g/mol. The first kappa shape index (κ1) is 17.1. The SMILES string of the molecule is c1ccc(-c2nc3ncnn3cc2C(c2ccccc2)N2CCCCC2)cc1. The molecule has 0 amide bonds. The van der Waals surface area contributed by atoms with E-state index in [9.17, 15) is 0 Å². The van der Waals surface area contributed by atoms with Crippen molar-refractivity contribution in [3.63, 3.8) is 0 Å². The van der Waals surface area contributed by atoms with Crippen molar-refractivity contribution in [2.75, 3.05) is 13.1 Å². The molecule has 0 N–H and O–H groups in total. The van der Waals surface area contributed by atoms with Crippen LogP contribution >= 0.6 is 0 Å². The minimum Gasteiger partial charge on any atom is -0.292 e. The van der Waals surface area contributed by atoms with Gasteiger partial charge in [0.25, 0.3) is 5.78 Å². The lowest BCUT2D eigenvalue weighted by atomic mass is 9.93. The zero-order valence-electron chi connectivity index (χ0n) is 15.8. The molecule has 0 saturated carbocycles. The van der Waals surface area contributed by atoms with Gasteiger partial charge in [-0.3, -0.25) is 4.90 Å². The summed E-state index contributed by atoms with van der Waals surface area (Å²) in [6, 6.07) is 21.3.